The molecule has 1 atom stereocenters. The fourth-order valence-corrected chi connectivity index (χ4v) is 6.41. The maximum absolute atomic E-state index is 11.2. The lowest BCUT2D eigenvalue weighted by Crippen LogP contribution is -2.36. The standard InChI is InChI=1S/C39H77O6P.C5H14NO/c1-3-5-7-9-11-13-15-17-19-21-23-25-27-29-31-33-35-43-37-39(38-45-46(40,41)42)44-36-34-32-30-28-26-24-22-20-18-16-14-12-10-8-6-4-2;1-6(2,3)4-5-7/h33-36,39H,3-32,37-38H2,1-2H3,(H2,40,41,42);7H,4-5H2,1-3H3/q;+1/t39-;/m1./s1. The summed E-state index contributed by atoms with van der Waals surface area (Å²) in [6, 6.07) is 0. The van der Waals surface area contributed by atoms with Gasteiger partial charge in [0, 0.05) is 0 Å². The Morgan fingerprint density at radius 1 is 0.528 bits per heavy atom. The van der Waals surface area contributed by atoms with E-state index in [1.807, 2.05) is 12.2 Å². The van der Waals surface area contributed by atoms with Gasteiger partial charge in [-0.3, -0.25) is 4.52 Å². The molecule has 0 radical (unpaired) electrons. The molecule has 0 aromatic carbocycles. The molecule has 3 N–H and O–H groups in total. The molecular weight excluding hydrogens is 685 g/mol. The van der Waals surface area contributed by atoms with Gasteiger partial charge >= 0.3 is 7.82 Å². The SMILES string of the molecule is CCCCCCCCCCCCCCCCC=COC[C@H](COP(=O)(O)O)OC=CCCCCCCCCCCCCCCCC.C[N+](C)(C)CCO. The predicted octanol–water partition coefficient (Wildman–Crippen LogP) is 13.0. The van der Waals surface area contributed by atoms with Gasteiger partial charge in [0.05, 0.1) is 46.9 Å². The van der Waals surface area contributed by atoms with Gasteiger partial charge in [-0.1, -0.05) is 181 Å². The van der Waals surface area contributed by atoms with Crippen molar-refractivity contribution in [1.29, 1.82) is 0 Å². The summed E-state index contributed by atoms with van der Waals surface area (Å²) in [4.78, 5) is 18.1. The Labute approximate surface area is 329 Å². The molecule has 0 bridgehead atoms. The molecule has 318 valence electrons. The molecular formula is C44H91NO7P+. The molecule has 0 aliphatic rings. The molecule has 0 aromatic heterocycles. The number of unbranched alkanes of at least 4 members (excludes halogenated alkanes) is 28. The number of phosphoric acid groups is 1. The minimum Gasteiger partial charge on any atom is -0.498 e. The van der Waals surface area contributed by atoms with Crippen LogP contribution in [0.1, 0.15) is 206 Å². The van der Waals surface area contributed by atoms with Crippen molar-refractivity contribution >= 4 is 7.82 Å². The van der Waals surface area contributed by atoms with E-state index in [2.05, 4.69) is 39.5 Å². The Hall–Kier alpha value is -0.890. The summed E-state index contributed by atoms with van der Waals surface area (Å²) < 4.78 is 27.9. The van der Waals surface area contributed by atoms with Crippen LogP contribution < -0.4 is 0 Å². The van der Waals surface area contributed by atoms with Crippen LogP contribution in [0.2, 0.25) is 0 Å². The van der Waals surface area contributed by atoms with Crippen molar-refractivity contribution in [3.05, 3.63) is 24.7 Å². The summed E-state index contributed by atoms with van der Waals surface area (Å²) in [6.45, 7) is 5.62. The van der Waals surface area contributed by atoms with Crippen molar-refractivity contribution in [2.75, 3.05) is 47.5 Å². The average Bonchev–Trinajstić information content (AvgIpc) is 3.10. The van der Waals surface area contributed by atoms with E-state index in [4.69, 9.17) is 24.4 Å². The number of ether oxygens (including phenoxy) is 2. The number of nitrogens with zero attached hydrogens (tertiary/aromatic N) is 1. The number of hydrogen-bond acceptors (Lipinski definition) is 5. The van der Waals surface area contributed by atoms with Gasteiger partial charge in [0.25, 0.3) is 0 Å². The molecule has 0 saturated carbocycles. The molecule has 0 unspecified atom stereocenters. The van der Waals surface area contributed by atoms with E-state index in [1.54, 1.807) is 12.5 Å². The van der Waals surface area contributed by atoms with E-state index in [9.17, 15) is 4.57 Å². The number of hydrogen-bond donors (Lipinski definition) is 3. The molecule has 0 amide bonds. The zero-order valence-corrected chi connectivity index (χ0v) is 36.7. The largest absolute Gasteiger partial charge is 0.498 e. The van der Waals surface area contributed by atoms with E-state index in [0.29, 0.717) is 0 Å². The molecule has 53 heavy (non-hydrogen) atoms. The zero-order chi connectivity index (χ0) is 39.6. The first-order valence-electron chi connectivity index (χ1n) is 22.2. The van der Waals surface area contributed by atoms with Gasteiger partial charge in [-0.15, -0.1) is 0 Å². The number of aliphatic hydroxyl groups excluding tert-OH is 1. The van der Waals surface area contributed by atoms with Crippen LogP contribution >= 0.6 is 7.82 Å². The first kappa shape index (κ1) is 54.2. The normalized spacial score (nSPS) is 12.8. The topological polar surface area (TPSA) is 105 Å². The quantitative estimate of drug-likeness (QED) is 0.0246. The third-order valence-corrected chi connectivity index (χ3v) is 9.98. The number of aliphatic hydroxyl groups is 1. The Morgan fingerprint density at radius 2 is 0.868 bits per heavy atom. The third kappa shape index (κ3) is 53.3. The van der Waals surface area contributed by atoms with Gasteiger partial charge in [0.1, 0.15) is 13.2 Å². The van der Waals surface area contributed by atoms with Gasteiger partial charge in [-0.2, -0.15) is 0 Å². The molecule has 0 spiro atoms. The van der Waals surface area contributed by atoms with Crippen molar-refractivity contribution < 1.29 is 37.9 Å². The molecule has 0 aliphatic carbocycles. The Bertz CT molecular complexity index is 812. The van der Waals surface area contributed by atoms with E-state index in [1.165, 1.54) is 167 Å². The van der Waals surface area contributed by atoms with Crippen molar-refractivity contribution in [3.8, 4) is 0 Å². The molecule has 0 rings (SSSR count). The summed E-state index contributed by atoms with van der Waals surface area (Å²) in [5.41, 5.74) is 0. The van der Waals surface area contributed by atoms with Crippen molar-refractivity contribution in [2.45, 2.75) is 213 Å². The fourth-order valence-electron chi connectivity index (χ4n) is 6.05. The second kappa shape index (κ2) is 42.3. The smallest absolute Gasteiger partial charge is 0.469 e. The third-order valence-electron chi connectivity index (χ3n) is 9.49. The Balaban J connectivity index is 0. The first-order valence-corrected chi connectivity index (χ1v) is 23.8. The van der Waals surface area contributed by atoms with Crippen LogP contribution in [0.25, 0.3) is 0 Å². The van der Waals surface area contributed by atoms with Crippen LogP contribution in [0.5, 0.6) is 0 Å². The zero-order valence-electron chi connectivity index (χ0n) is 35.8. The lowest BCUT2D eigenvalue weighted by Gasteiger charge is -2.21. The van der Waals surface area contributed by atoms with Crippen molar-refractivity contribution in [2.24, 2.45) is 0 Å². The molecule has 8 nitrogen and oxygen atoms in total. The predicted molar refractivity (Wildman–Crippen MR) is 227 cm³/mol. The fraction of sp³-hybridized carbons (Fsp3) is 0.909. The van der Waals surface area contributed by atoms with Crippen LogP contribution in [-0.4, -0.2) is 73.0 Å². The van der Waals surface area contributed by atoms with E-state index < -0.39 is 13.9 Å². The monoisotopic (exact) mass is 777 g/mol. The summed E-state index contributed by atoms with van der Waals surface area (Å²) in [7, 11) is 1.60. The van der Waals surface area contributed by atoms with Crippen LogP contribution in [-0.2, 0) is 18.6 Å². The highest BCUT2D eigenvalue weighted by molar-refractivity contribution is 7.46. The van der Waals surface area contributed by atoms with Gasteiger partial charge in [-0.25, -0.2) is 4.57 Å². The molecule has 9 heteroatoms. The first-order chi connectivity index (χ1) is 25.6. The average molecular weight is 777 g/mol. The number of allylic oxidation sites excluding steroid dienone is 2. The molecule has 0 aliphatic heterocycles. The second-order valence-electron chi connectivity index (χ2n) is 16.1. The number of likely N-dealkylation sites (N-methyl/N-ethyl adjacent to an activating group) is 1. The van der Waals surface area contributed by atoms with E-state index in [0.717, 1.165) is 36.7 Å². The van der Waals surface area contributed by atoms with Crippen LogP contribution in [0, 0.1) is 0 Å². The van der Waals surface area contributed by atoms with Crippen molar-refractivity contribution in [1.82, 2.24) is 0 Å². The highest BCUT2D eigenvalue weighted by atomic mass is 31.2. The van der Waals surface area contributed by atoms with Gasteiger partial charge in [0.15, 0.2) is 6.10 Å². The number of rotatable bonds is 40. The van der Waals surface area contributed by atoms with Gasteiger partial charge in [0.2, 0.25) is 0 Å². The maximum atomic E-state index is 11.2. The lowest BCUT2D eigenvalue weighted by atomic mass is 10.0. The Morgan fingerprint density at radius 3 is 1.17 bits per heavy atom. The van der Waals surface area contributed by atoms with E-state index in [-0.39, 0.29) is 19.8 Å². The summed E-state index contributed by atoms with van der Waals surface area (Å²) in [6.07, 6.45) is 46.4. The van der Waals surface area contributed by atoms with Gasteiger partial charge < -0.3 is 28.9 Å². The molecule has 0 fully saturated rings. The van der Waals surface area contributed by atoms with Crippen LogP contribution in [0.3, 0.4) is 0 Å². The molecule has 0 heterocycles. The molecule has 0 aromatic rings. The van der Waals surface area contributed by atoms with Crippen LogP contribution in [0.15, 0.2) is 24.7 Å². The minimum atomic E-state index is -4.55. The Kier molecular flexibility index (Phi) is 43.2. The highest BCUT2D eigenvalue weighted by Gasteiger charge is 2.19. The second-order valence-corrected chi connectivity index (χ2v) is 17.4. The van der Waals surface area contributed by atoms with Crippen LogP contribution in [0.4, 0.5) is 0 Å². The number of quaternary nitrogens is 1. The lowest BCUT2D eigenvalue weighted by molar-refractivity contribution is -0.870. The summed E-state index contributed by atoms with van der Waals surface area (Å²) in [5.74, 6) is 0. The number of phosphoric ester groups is 1. The molecule has 0 saturated heterocycles. The maximum Gasteiger partial charge on any atom is 0.469 e. The van der Waals surface area contributed by atoms with E-state index >= 15 is 0 Å². The minimum absolute atomic E-state index is 0.179. The summed E-state index contributed by atoms with van der Waals surface area (Å²) in [5, 5.41) is 8.39. The van der Waals surface area contributed by atoms with Gasteiger partial charge in [-0.05, 0) is 37.8 Å². The highest BCUT2D eigenvalue weighted by Crippen LogP contribution is 2.35. The van der Waals surface area contributed by atoms with Crippen molar-refractivity contribution in [3.63, 3.8) is 0 Å². The summed E-state index contributed by atoms with van der Waals surface area (Å²) >= 11 is 0.